The second-order valence-electron chi connectivity index (χ2n) is 5.13. The van der Waals surface area contributed by atoms with Crippen molar-refractivity contribution in [3.63, 3.8) is 0 Å². The van der Waals surface area contributed by atoms with Crippen LogP contribution in [0, 0.1) is 5.92 Å². The molecule has 3 fully saturated rings. The normalized spacial score (nSPS) is 35.6. The predicted molar refractivity (Wildman–Crippen MR) is 62.8 cm³/mol. The van der Waals surface area contributed by atoms with Gasteiger partial charge in [0, 0.05) is 32.2 Å². The van der Waals surface area contributed by atoms with Crippen molar-refractivity contribution in [3.05, 3.63) is 0 Å². The summed E-state index contributed by atoms with van der Waals surface area (Å²) in [4.78, 5) is 27.4. The summed E-state index contributed by atoms with van der Waals surface area (Å²) in [7, 11) is 0. The molecule has 0 bridgehead atoms. The van der Waals surface area contributed by atoms with Crippen molar-refractivity contribution < 1.29 is 14.3 Å². The molecule has 18 heavy (non-hydrogen) atoms. The molecule has 0 spiro atoms. The van der Waals surface area contributed by atoms with E-state index in [0.29, 0.717) is 39.4 Å². The summed E-state index contributed by atoms with van der Waals surface area (Å²) in [6.07, 6.45) is 0. The Balaban J connectivity index is 1.64. The molecule has 0 aromatic heterocycles. The number of nitrogens with two attached hydrogens (primary N) is 1. The van der Waals surface area contributed by atoms with E-state index in [0.717, 1.165) is 0 Å². The third kappa shape index (κ3) is 1.83. The summed E-state index contributed by atoms with van der Waals surface area (Å²) in [6, 6.07) is -0.111. The van der Waals surface area contributed by atoms with Crippen molar-refractivity contribution in [2.24, 2.45) is 11.7 Å². The fourth-order valence-electron chi connectivity index (χ4n) is 2.86. The summed E-state index contributed by atoms with van der Waals surface area (Å²) in [5.41, 5.74) is 5.87. The zero-order valence-corrected chi connectivity index (χ0v) is 10.2. The van der Waals surface area contributed by atoms with E-state index in [1.807, 2.05) is 4.90 Å². The van der Waals surface area contributed by atoms with Crippen LogP contribution in [-0.2, 0) is 9.53 Å². The summed E-state index contributed by atoms with van der Waals surface area (Å²) in [6.45, 7) is 3.29. The first-order valence-corrected chi connectivity index (χ1v) is 6.33. The molecule has 7 nitrogen and oxygen atoms in total. The number of fused-ring (bicyclic) bond motifs is 1. The third-order valence-electron chi connectivity index (χ3n) is 3.99. The number of hydrogen-bond donors (Lipinski definition) is 2. The Hall–Kier alpha value is -1.34. The van der Waals surface area contributed by atoms with Crippen LogP contribution in [-0.4, -0.2) is 73.2 Å². The van der Waals surface area contributed by atoms with Gasteiger partial charge in [0.2, 0.25) is 5.91 Å². The molecule has 3 rings (SSSR count). The summed E-state index contributed by atoms with van der Waals surface area (Å²) < 4.78 is 5.24. The molecule has 7 heteroatoms. The summed E-state index contributed by atoms with van der Waals surface area (Å²) in [5.74, 6) is -0.152. The van der Waals surface area contributed by atoms with Gasteiger partial charge in [0.05, 0.1) is 25.2 Å². The van der Waals surface area contributed by atoms with E-state index < -0.39 is 0 Å². The van der Waals surface area contributed by atoms with E-state index in [-0.39, 0.29) is 29.9 Å². The molecular formula is C11H18N4O3. The molecule has 100 valence electrons. The zero-order chi connectivity index (χ0) is 12.7. The van der Waals surface area contributed by atoms with Crippen molar-refractivity contribution in [2.75, 3.05) is 39.4 Å². The smallest absolute Gasteiger partial charge is 0.317 e. The second-order valence-corrected chi connectivity index (χ2v) is 5.13. The highest BCUT2D eigenvalue weighted by Gasteiger charge is 2.40. The molecule has 3 heterocycles. The molecule has 0 radical (unpaired) electrons. The Morgan fingerprint density at radius 1 is 1.39 bits per heavy atom. The number of rotatable bonds is 1. The van der Waals surface area contributed by atoms with E-state index in [4.69, 9.17) is 10.5 Å². The van der Waals surface area contributed by atoms with Crippen LogP contribution in [0.5, 0.6) is 0 Å². The maximum Gasteiger partial charge on any atom is 0.317 e. The second kappa shape index (κ2) is 4.40. The van der Waals surface area contributed by atoms with Gasteiger partial charge in [-0.05, 0) is 0 Å². The van der Waals surface area contributed by atoms with Gasteiger partial charge in [-0.25, -0.2) is 4.79 Å². The average Bonchev–Trinajstić information content (AvgIpc) is 2.95. The topological polar surface area (TPSA) is 87.9 Å². The lowest BCUT2D eigenvalue weighted by Crippen LogP contribution is -2.56. The summed E-state index contributed by atoms with van der Waals surface area (Å²) >= 11 is 0. The van der Waals surface area contributed by atoms with E-state index in [1.54, 1.807) is 4.90 Å². The van der Waals surface area contributed by atoms with Crippen molar-refractivity contribution >= 4 is 11.9 Å². The number of nitrogens with zero attached hydrogens (tertiary/aromatic N) is 2. The molecule has 0 aliphatic carbocycles. The third-order valence-corrected chi connectivity index (χ3v) is 3.99. The maximum absolute atomic E-state index is 12.3. The summed E-state index contributed by atoms with van der Waals surface area (Å²) in [5, 5.41) is 2.80. The van der Waals surface area contributed by atoms with E-state index in [2.05, 4.69) is 5.32 Å². The molecule has 0 aromatic carbocycles. The number of amides is 3. The van der Waals surface area contributed by atoms with Crippen LogP contribution in [0.1, 0.15) is 0 Å². The van der Waals surface area contributed by atoms with E-state index in [9.17, 15) is 9.59 Å². The first-order chi connectivity index (χ1) is 8.66. The number of hydrogen-bond acceptors (Lipinski definition) is 4. The Morgan fingerprint density at radius 3 is 2.94 bits per heavy atom. The minimum Gasteiger partial charge on any atom is -0.379 e. The highest BCUT2D eigenvalue weighted by Crippen LogP contribution is 2.19. The van der Waals surface area contributed by atoms with Crippen LogP contribution in [0.4, 0.5) is 4.79 Å². The lowest BCUT2D eigenvalue weighted by molar-refractivity contribution is -0.138. The Bertz CT molecular complexity index is 375. The predicted octanol–water partition coefficient (Wildman–Crippen LogP) is -1.80. The van der Waals surface area contributed by atoms with Gasteiger partial charge in [-0.2, -0.15) is 0 Å². The highest BCUT2D eigenvalue weighted by molar-refractivity contribution is 5.81. The van der Waals surface area contributed by atoms with Gasteiger partial charge in [-0.3, -0.25) is 4.79 Å². The van der Waals surface area contributed by atoms with Crippen molar-refractivity contribution in [1.82, 2.24) is 15.1 Å². The molecule has 3 aliphatic rings. The van der Waals surface area contributed by atoms with Crippen LogP contribution in [0.3, 0.4) is 0 Å². The Morgan fingerprint density at radius 2 is 2.22 bits per heavy atom. The molecule has 0 saturated carbocycles. The lowest BCUT2D eigenvalue weighted by Gasteiger charge is -2.37. The van der Waals surface area contributed by atoms with Crippen LogP contribution in [0.25, 0.3) is 0 Å². The molecule has 3 atom stereocenters. The quantitative estimate of drug-likeness (QED) is 0.577. The average molecular weight is 254 g/mol. The number of carbonyl (C=O) groups excluding carboxylic acids is 2. The SMILES string of the molecule is NC1COCC1C(=O)N1CCN2C(=O)NCC2C1. The first-order valence-electron chi connectivity index (χ1n) is 6.33. The van der Waals surface area contributed by atoms with Crippen LogP contribution < -0.4 is 11.1 Å². The van der Waals surface area contributed by atoms with E-state index >= 15 is 0 Å². The molecule has 3 aliphatic heterocycles. The van der Waals surface area contributed by atoms with Crippen molar-refractivity contribution in [3.8, 4) is 0 Å². The molecule has 3 amide bonds. The van der Waals surface area contributed by atoms with E-state index in [1.165, 1.54) is 0 Å². The fraction of sp³-hybridized carbons (Fsp3) is 0.818. The van der Waals surface area contributed by atoms with Gasteiger partial charge in [0.1, 0.15) is 0 Å². The number of piperazine rings is 1. The minimum absolute atomic E-state index is 0.0204. The van der Waals surface area contributed by atoms with Crippen LogP contribution in [0.15, 0.2) is 0 Å². The van der Waals surface area contributed by atoms with Gasteiger partial charge in [0.25, 0.3) is 0 Å². The Kier molecular flexibility index (Phi) is 2.87. The van der Waals surface area contributed by atoms with Gasteiger partial charge >= 0.3 is 6.03 Å². The number of nitrogens with one attached hydrogen (secondary N) is 1. The van der Waals surface area contributed by atoms with Gasteiger partial charge in [0.15, 0.2) is 0 Å². The largest absolute Gasteiger partial charge is 0.379 e. The maximum atomic E-state index is 12.3. The standard InChI is InChI=1S/C11H18N4O3/c12-9-6-18-5-8(9)10(16)14-1-2-15-7(4-14)3-13-11(15)17/h7-9H,1-6,12H2,(H,13,17). The zero-order valence-electron chi connectivity index (χ0n) is 10.2. The van der Waals surface area contributed by atoms with Gasteiger partial charge in [-0.1, -0.05) is 0 Å². The lowest BCUT2D eigenvalue weighted by atomic mass is 10.0. The molecular weight excluding hydrogens is 236 g/mol. The number of carbonyl (C=O) groups is 2. The highest BCUT2D eigenvalue weighted by atomic mass is 16.5. The molecule has 0 aromatic rings. The van der Waals surface area contributed by atoms with Gasteiger partial charge < -0.3 is 25.6 Å². The van der Waals surface area contributed by atoms with Crippen molar-refractivity contribution in [2.45, 2.75) is 12.1 Å². The number of urea groups is 1. The number of ether oxygens (including phenoxy) is 1. The van der Waals surface area contributed by atoms with Crippen molar-refractivity contribution in [1.29, 1.82) is 0 Å². The monoisotopic (exact) mass is 254 g/mol. The minimum atomic E-state index is -0.221. The first kappa shape index (κ1) is 11.7. The molecule has 3 unspecified atom stereocenters. The molecule has 3 saturated heterocycles. The van der Waals surface area contributed by atoms with Crippen LogP contribution >= 0.6 is 0 Å². The fourth-order valence-corrected chi connectivity index (χ4v) is 2.86. The molecule has 3 N–H and O–H groups in total. The van der Waals surface area contributed by atoms with Gasteiger partial charge in [-0.15, -0.1) is 0 Å². The van der Waals surface area contributed by atoms with Crippen LogP contribution in [0.2, 0.25) is 0 Å². The Labute approximate surface area is 105 Å².